The summed E-state index contributed by atoms with van der Waals surface area (Å²) in [7, 11) is 1.64. The third kappa shape index (κ3) is 2.19. The van der Waals surface area contributed by atoms with E-state index >= 15 is 0 Å². The van der Waals surface area contributed by atoms with Crippen molar-refractivity contribution in [2.24, 2.45) is 5.73 Å². The Hall–Kier alpha value is -1.10. The van der Waals surface area contributed by atoms with Crippen molar-refractivity contribution < 1.29 is 9.15 Å². The molecule has 0 aromatic carbocycles. The van der Waals surface area contributed by atoms with Crippen LogP contribution in [0.25, 0.3) is 0 Å². The third-order valence-corrected chi connectivity index (χ3v) is 3.39. The van der Waals surface area contributed by atoms with Crippen molar-refractivity contribution in [3.05, 3.63) is 45.5 Å². The van der Waals surface area contributed by atoms with Crippen molar-refractivity contribution in [3.63, 3.8) is 0 Å². The van der Waals surface area contributed by atoms with Crippen LogP contribution in [0, 0.1) is 6.92 Å². The van der Waals surface area contributed by atoms with E-state index in [0.717, 1.165) is 17.1 Å². The second-order valence-corrected chi connectivity index (χ2v) is 4.47. The standard InChI is InChI=1S/C12H15NO2S/c1-8-6-16-7-10(8)12(13)11-4-3-9(15-11)5-14-2/h3-4,6-7,12H,5,13H2,1-2H3. The lowest BCUT2D eigenvalue weighted by atomic mass is 10.1. The number of rotatable bonds is 4. The molecule has 16 heavy (non-hydrogen) atoms. The molecule has 0 aliphatic carbocycles. The maximum Gasteiger partial charge on any atom is 0.129 e. The van der Waals surface area contributed by atoms with Gasteiger partial charge in [0, 0.05) is 7.11 Å². The molecular weight excluding hydrogens is 222 g/mol. The van der Waals surface area contributed by atoms with E-state index in [0.29, 0.717) is 6.61 Å². The Morgan fingerprint density at radius 1 is 1.44 bits per heavy atom. The molecule has 1 atom stereocenters. The van der Waals surface area contributed by atoms with Gasteiger partial charge in [0.2, 0.25) is 0 Å². The minimum atomic E-state index is -0.183. The first-order valence-electron chi connectivity index (χ1n) is 5.08. The molecule has 2 aromatic rings. The number of ether oxygens (including phenoxy) is 1. The summed E-state index contributed by atoms with van der Waals surface area (Å²) in [5, 5.41) is 4.16. The fourth-order valence-corrected chi connectivity index (χ4v) is 2.51. The summed E-state index contributed by atoms with van der Waals surface area (Å²) in [6.45, 7) is 2.54. The lowest BCUT2D eigenvalue weighted by Crippen LogP contribution is -2.10. The number of nitrogens with two attached hydrogens (primary N) is 1. The van der Waals surface area contributed by atoms with E-state index in [9.17, 15) is 0 Å². The van der Waals surface area contributed by atoms with Gasteiger partial charge < -0.3 is 14.9 Å². The smallest absolute Gasteiger partial charge is 0.129 e. The van der Waals surface area contributed by atoms with Crippen molar-refractivity contribution in [1.82, 2.24) is 0 Å². The molecule has 0 radical (unpaired) electrons. The Kier molecular flexibility index (Phi) is 3.43. The Labute approximate surface area is 98.8 Å². The van der Waals surface area contributed by atoms with E-state index in [1.807, 2.05) is 12.1 Å². The minimum absolute atomic E-state index is 0.183. The van der Waals surface area contributed by atoms with E-state index in [1.165, 1.54) is 5.56 Å². The molecule has 0 aliphatic heterocycles. The van der Waals surface area contributed by atoms with Crippen LogP contribution in [0.15, 0.2) is 27.3 Å². The topological polar surface area (TPSA) is 48.4 Å². The van der Waals surface area contributed by atoms with Crippen LogP contribution in [-0.4, -0.2) is 7.11 Å². The first-order chi connectivity index (χ1) is 7.72. The Morgan fingerprint density at radius 2 is 2.25 bits per heavy atom. The highest BCUT2D eigenvalue weighted by Crippen LogP contribution is 2.26. The summed E-state index contributed by atoms with van der Waals surface area (Å²) in [5.41, 5.74) is 8.48. The van der Waals surface area contributed by atoms with Gasteiger partial charge in [-0.25, -0.2) is 0 Å². The molecule has 0 aliphatic rings. The summed E-state index contributed by atoms with van der Waals surface area (Å²) >= 11 is 1.66. The zero-order valence-electron chi connectivity index (χ0n) is 9.40. The number of hydrogen-bond acceptors (Lipinski definition) is 4. The summed E-state index contributed by atoms with van der Waals surface area (Å²) < 4.78 is 10.6. The van der Waals surface area contributed by atoms with Crippen LogP contribution in [0.5, 0.6) is 0 Å². The number of hydrogen-bond donors (Lipinski definition) is 1. The summed E-state index contributed by atoms with van der Waals surface area (Å²) in [5.74, 6) is 1.59. The Bertz CT molecular complexity index is 461. The van der Waals surface area contributed by atoms with Crippen LogP contribution in [0.2, 0.25) is 0 Å². The van der Waals surface area contributed by atoms with Gasteiger partial charge in [0.1, 0.15) is 18.1 Å². The van der Waals surface area contributed by atoms with Gasteiger partial charge >= 0.3 is 0 Å². The molecule has 0 saturated carbocycles. The summed E-state index contributed by atoms with van der Waals surface area (Å²) in [6.07, 6.45) is 0. The van der Waals surface area contributed by atoms with Crippen LogP contribution >= 0.6 is 11.3 Å². The van der Waals surface area contributed by atoms with Crippen LogP contribution in [-0.2, 0) is 11.3 Å². The zero-order chi connectivity index (χ0) is 11.5. The van der Waals surface area contributed by atoms with Crippen molar-refractivity contribution >= 4 is 11.3 Å². The SMILES string of the molecule is COCc1ccc(C(N)c2cscc2C)o1. The fraction of sp³-hybridized carbons (Fsp3) is 0.333. The van der Waals surface area contributed by atoms with E-state index in [2.05, 4.69) is 17.7 Å². The molecule has 2 heterocycles. The maximum absolute atomic E-state index is 6.14. The lowest BCUT2D eigenvalue weighted by Gasteiger charge is -2.08. The van der Waals surface area contributed by atoms with E-state index in [4.69, 9.17) is 14.9 Å². The average Bonchev–Trinajstić information content (AvgIpc) is 2.87. The van der Waals surface area contributed by atoms with Crippen molar-refractivity contribution in [3.8, 4) is 0 Å². The predicted octanol–water partition coefficient (Wildman–Crippen LogP) is 2.84. The van der Waals surface area contributed by atoms with Crippen molar-refractivity contribution in [2.45, 2.75) is 19.6 Å². The van der Waals surface area contributed by atoms with Crippen LogP contribution in [0.3, 0.4) is 0 Å². The molecule has 2 N–H and O–H groups in total. The normalized spacial score (nSPS) is 12.9. The van der Waals surface area contributed by atoms with Gasteiger partial charge in [-0.2, -0.15) is 11.3 Å². The van der Waals surface area contributed by atoms with Gasteiger partial charge in [-0.15, -0.1) is 0 Å². The van der Waals surface area contributed by atoms with Gasteiger partial charge in [-0.05, 0) is 40.9 Å². The molecule has 3 nitrogen and oxygen atoms in total. The molecule has 0 bridgehead atoms. The molecule has 0 fully saturated rings. The molecule has 2 aromatic heterocycles. The van der Waals surface area contributed by atoms with E-state index in [1.54, 1.807) is 18.4 Å². The fourth-order valence-electron chi connectivity index (χ4n) is 1.62. The van der Waals surface area contributed by atoms with Gasteiger partial charge in [-0.1, -0.05) is 0 Å². The monoisotopic (exact) mass is 237 g/mol. The Balaban J connectivity index is 2.20. The van der Waals surface area contributed by atoms with Crippen LogP contribution < -0.4 is 5.73 Å². The molecule has 2 rings (SSSR count). The lowest BCUT2D eigenvalue weighted by molar-refractivity contribution is 0.162. The summed E-state index contributed by atoms with van der Waals surface area (Å²) in [6, 6.07) is 3.63. The molecular formula is C12H15NO2S. The van der Waals surface area contributed by atoms with Gasteiger partial charge in [0.05, 0.1) is 6.04 Å². The Morgan fingerprint density at radius 3 is 2.88 bits per heavy atom. The molecule has 0 spiro atoms. The van der Waals surface area contributed by atoms with Crippen molar-refractivity contribution in [2.75, 3.05) is 7.11 Å². The minimum Gasteiger partial charge on any atom is -0.462 e. The number of thiophene rings is 1. The number of furan rings is 1. The first kappa shape index (κ1) is 11.4. The molecule has 1 unspecified atom stereocenters. The highest BCUT2D eigenvalue weighted by Gasteiger charge is 2.15. The van der Waals surface area contributed by atoms with E-state index in [-0.39, 0.29) is 6.04 Å². The average molecular weight is 237 g/mol. The van der Waals surface area contributed by atoms with E-state index < -0.39 is 0 Å². The molecule has 4 heteroatoms. The maximum atomic E-state index is 6.14. The second-order valence-electron chi connectivity index (χ2n) is 3.72. The first-order valence-corrected chi connectivity index (χ1v) is 6.02. The molecule has 86 valence electrons. The highest BCUT2D eigenvalue weighted by atomic mass is 32.1. The number of methoxy groups -OCH3 is 1. The van der Waals surface area contributed by atoms with Crippen LogP contribution in [0.4, 0.5) is 0 Å². The van der Waals surface area contributed by atoms with Gasteiger partial charge in [0.25, 0.3) is 0 Å². The van der Waals surface area contributed by atoms with Crippen molar-refractivity contribution in [1.29, 1.82) is 0 Å². The van der Waals surface area contributed by atoms with Gasteiger partial charge in [-0.3, -0.25) is 0 Å². The molecule has 0 saturated heterocycles. The quantitative estimate of drug-likeness (QED) is 0.889. The van der Waals surface area contributed by atoms with Gasteiger partial charge in [0.15, 0.2) is 0 Å². The predicted molar refractivity (Wildman–Crippen MR) is 64.5 cm³/mol. The second kappa shape index (κ2) is 4.82. The highest BCUT2D eigenvalue weighted by molar-refractivity contribution is 7.08. The van der Waals surface area contributed by atoms with Crippen LogP contribution in [0.1, 0.15) is 28.7 Å². The number of aryl methyl sites for hydroxylation is 1. The largest absolute Gasteiger partial charge is 0.462 e. The zero-order valence-corrected chi connectivity index (χ0v) is 10.2. The third-order valence-electron chi connectivity index (χ3n) is 2.51. The molecule has 0 amide bonds. The summed E-state index contributed by atoms with van der Waals surface area (Å²) in [4.78, 5) is 0.